The van der Waals surface area contributed by atoms with Crippen LogP contribution in [0.5, 0.6) is 0 Å². The van der Waals surface area contributed by atoms with Crippen molar-refractivity contribution in [3.05, 3.63) is 169 Å². The number of aryl methyl sites for hydroxylation is 2. The lowest BCUT2D eigenvalue weighted by Crippen LogP contribution is -1.80. The first kappa shape index (κ1) is 30.6. The van der Waals surface area contributed by atoms with Crippen molar-refractivity contribution in [2.45, 2.75) is 13.8 Å². The van der Waals surface area contributed by atoms with E-state index in [1.807, 2.05) is 22.7 Å². The second-order valence-corrected chi connectivity index (χ2v) is 16.4. The molecule has 0 spiro atoms. The third-order valence-corrected chi connectivity index (χ3v) is 13.6. The van der Waals surface area contributed by atoms with Gasteiger partial charge in [-0.25, -0.2) is 0 Å². The topological polar surface area (TPSA) is 15.8 Å². The summed E-state index contributed by atoms with van der Waals surface area (Å²) in [6.45, 7) is 4.30. The Hall–Kier alpha value is -6.00. The molecule has 8 aromatic carbocycles. The molecule has 3 heteroatoms. The molecule has 11 rings (SSSR count). The zero-order valence-corrected chi connectivity index (χ0v) is 31.0. The molecule has 1 N–H and O–H groups in total. The standard InChI is InChI=1S/C50H33NS2/c1-29-15-19-31(20-16-29)35-7-3-11-39-41-13-5-9-37(49(41)52-47(35)39)33-23-25-45-43(27-33)44-28-34(24-26-46(44)51-45)38-10-6-14-42-40-12-4-8-36(48(40)53-50(38)42)32-21-17-30(2)18-22-32/h3-28,51H,1-2H3. The fourth-order valence-electron chi connectivity index (χ4n) is 8.25. The molecule has 0 atom stereocenters. The summed E-state index contributed by atoms with van der Waals surface area (Å²) < 4.78 is 5.36. The van der Waals surface area contributed by atoms with E-state index in [0.717, 1.165) is 11.0 Å². The van der Waals surface area contributed by atoms with Crippen molar-refractivity contribution in [1.29, 1.82) is 0 Å². The Morgan fingerprint density at radius 3 is 1.00 bits per heavy atom. The van der Waals surface area contributed by atoms with Gasteiger partial charge in [-0.1, -0.05) is 145 Å². The Morgan fingerprint density at radius 1 is 0.321 bits per heavy atom. The maximum absolute atomic E-state index is 3.72. The minimum atomic E-state index is 1.16. The summed E-state index contributed by atoms with van der Waals surface area (Å²) in [6, 6.07) is 58.8. The second kappa shape index (κ2) is 11.8. The molecular formula is C50H33NS2. The van der Waals surface area contributed by atoms with Crippen molar-refractivity contribution in [3.8, 4) is 44.5 Å². The molecule has 0 radical (unpaired) electrons. The lowest BCUT2D eigenvalue weighted by atomic mass is 9.97. The summed E-state index contributed by atoms with van der Waals surface area (Å²) in [6.07, 6.45) is 0. The SMILES string of the molecule is Cc1ccc(-c2cccc3c2sc2c(-c4ccc5[nH]c6ccc(-c7cccc8c7sc7c(-c9ccc(C)cc9)cccc78)cc6c5c4)cccc23)cc1. The number of thiophene rings is 2. The van der Waals surface area contributed by atoms with Gasteiger partial charge in [0.05, 0.1) is 0 Å². The Kier molecular flexibility index (Phi) is 6.79. The minimum absolute atomic E-state index is 1.16. The molecule has 53 heavy (non-hydrogen) atoms. The zero-order valence-electron chi connectivity index (χ0n) is 29.3. The monoisotopic (exact) mass is 711 g/mol. The number of aromatic amines is 1. The van der Waals surface area contributed by atoms with Crippen LogP contribution >= 0.6 is 22.7 Å². The lowest BCUT2D eigenvalue weighted by molar-refractivity contribution is 1.47. The number of rotatable bonds is 4. The first-order chi connectivity index (χ1) is 26.1. The Labute approximate surface area is 315 Å². The van der Waals surface area contributed by atoms with Gasteiger partial charge in [0.2, 0.25) is 0 Å². The van der Waals surface area contributed by atoms with Gasteiger partial charge in [-0.3, -0.25) is 0 Å². The predicted molar refractivity (Wildman–Crippen MR) is 233 cm³/mol. The highest BCUT2D eigenvalue weighted by atomic mass is 32.1. The van der Waals surface area contributed by atoms with Crippen molar-refractivity contribution in [3.63, 3.8) is 0 Å². The van der Waals surface area contributed by atoms with Crippen LogP contribution in [0.25, 0.3) is 107 Å². The summed E-state index contributed by atoms with van der Waals surface area (Å²) in [5.74, 6) is 0. The van der Waals surface area contributed by atoms with Gasteiger partial charge in [0.25, 0.3) is 0 Å². The molecule has 3 heterocycles. The van der Waals surface area contributed by atoms with E-state index in [4.69, 9.17) is 0 Å². The maximum Gasteiger partial charge on any atom is 0.0465 e. The summed E-state index contributed by atoms with van der Waals surface area (Å²) >= 11 is 3.83. The zero-order chi connectivity index (χ0) is 35.2. The van der Waals surface area contributed by atoms with Crippen molar-refractivity contribution < 1.29 is 0 Å². The van der Waals surface area contributed by atoms with Crippen LogP contribution in [0.1, 0.15) is 11.1 Å². The fraction of sp³-hybridized carbons (Fsp3) is 0.0400. The van der Waals surface area contributed by atoms with E-state index in [2.05, 4.69) is 177 Å². The third kappa shape index (κ3) is 4.81. The van der Waals surface area contributed by atoms with Gasteiger partial charge in [-0.15, -0.1) is 22.7 Å². The Morgan fingerprint density at radius 2 is 0.642 bits per heavy atom. The number of H-pyrrole nitrogens is 1. The van der Waals surface area contributed by atoms with Crippen LogP contribution < -0.4 is 0 Å². The molecule has 0 aliphatic rings. The van der Waals surface area contributed by atoms with E-state index in [0.29, 0.717) is 0 Å². The first-order valence-corrected chi connectivity index (χ1v) is 19.8. The van der Waals surface area contributed by atoms with E-state index in [1.165, 1.54) is 107 Å². The highest BCUT2D eigenvalue weighted by Gasteiger charge is 2.17. The van der Waals surface area contributed by atoms with Gasteiger partial charge in [-0.05, 0) is 82.6 Å². The third-order valence-electron chi connectivity index (χ3n) is 11.0. The Bertz CT molecular complexity index is 3010. The number of hydrogen-bond donors (Lipinski definition) is 1. The normalized spacial score (nSPS) is 12.0. The molecule has 0 saturated heterocycles. The van der Waals surface area contributed by atoms with E-state index in [9.17, 15) is 0 Å². The molecule has 0 bridgehead atoms. The van der Waals surface area contributed by atoms with Crippen LogP contribution in [0.2, 0.25) is 0 Å². The maximum atomic E-state index is 3.72. The summed E-state index contributed by atoms with van der Waals surface area (Å²) in [4.78, 5) is 3.72. The van der Waals surface area contributed by atoms with E-state index in [-0.39, 0.29) is 0 Å². The van der Waals surface area contributed by atoms with Gasteiger partial charge in [0, 0.05) is 62.2 Å². The van der Waals surface area contributed by atoms with Crippen molar-refractivity contribution in [2.75, 3.05) is 0 Å². The number of hydrogen-bond acceptors (Lipinski definition) is 2. The second-order valence-electron chi connectivity index (χ2n) is 14.3. The number of nitrogens with one attached hydrogen (secondary N) is 1. The van der Waals surface area contributed by atoms with Crippen LogP contribution in [-0.2, 0) is 0 Å². The molecule has 0 amide bonds. The van der Waals surface area contributed by atoms with Crippen LogP contribution in [0.4, 0.5) is 0 Å². The van der Waals surface area contributed by atoms with Gasteiger partial charge in [0.15, 0.2) is 0 Å². The smallest absolute Gasteiger partial charge is 0.0465 e. The fourth-order valence-corrected chi connectivity index (χ4v) is 11.0. The average molecular weight is 712 g/mol. The number of benzene rings is 8. The lowest BCUT2D eigenvalue weighted by Gasteiger charge is -2.06. The highest BCUT2D eigenvalue weighted by molar-refractivity contribution is 7.27. The molecule has 0 unspecified atom stereocenters. The predicted octanol–water partition coefficient (Wildman–Crippen LogP) is 15.3. The largest absolute Gasteiger partial charge is 0.355 e. The molecule has 0 saturated carbocycles. The summed E-state index contributed by atoms with van der Waals surface area (Å²) in [5, 5.41) is 7.79. The van der Waals surface area contributed by atoms with Crippen molar-refractivity contribution in [2.24, 2.45) is 0 Å². The van der Waals surface area contributed by atoms with Gasteiger partial charge in [0.1, 0.15) is 0 Å². The first-order valence-electron chi connectivity index (χ1n) is 18.2. The van der Waals surface area contributed by atoms with E-state index < -0.39 is 0 Å². The molecule has 250 valence electrons. The van der Waals surface area contributed by atoms with Crippen LogP contribution in [-0.4, -0.2) is 4.98 Å². The number of fused-ring (bicyclic) bond motifs is 9. The molecular weight excluding hydrogens is 679 g/mol. The van der Waals surface area contributed by atoms with Crippen LogP contribution in [0.15, 0.2) is 158 Å². The van der Waals surface area contributed by atoms with Crippen molar-refractivity contribution in [1.82, 2.24) is 4.98 Å². The van der Waals surface area contributed by atoms with E-state index >= 15 is 0 Å². The van der Waals surface area contributed by atoms with Gasteiger partial charge >= 0.3 is 0 Å². The molecule has 0 aliphatic heterocycles. The number of aromatic nitrogens is 1. The molecule has 0 aliphatic carbocycles. The summed E-state index contributed by atoms with van der Waals surface area (Å²) in [7, 11) is 0. The molecule has 11 aromatic rings. The molecule has 0 fully saturated rings. The van der Waals surface area contributed by atoms with Gasteiger partial charge in [-0.2, -0.15) is 0 Å². The average Bonchev–Trinajstić information content (AvgIpc) is 3.89. The summed E-state index contributed by atoms with van der Waals surface area (Å²) in [5.41, 5.74) is 15.1. The minimum Gasteiger partial charge on any atom is -0.355 e. The molecule has 1 nitrogen and oxygen atoms in total. The van der Waals surface area contributed by atoms with E-state index in [1.54, 1.807) is 0 Å². The highest BCUT2D eigenvalue weighted by Crippen LogP contribution is 2.46. The van der Waals surface area contributed by atoms with Crippen LogP contribution in [0, 0.1) is 13.8 Å². The quantitative estimate of drug-likeness (QED) is 0.187. The molecule has 3 aromatic heterocycles. The van der Waals surface area contributed by atoms with Crippen molar-refractivity contribution >= 4 is 84.8 Å². The van der Waals surface area contributed by atoms with Crippen LogP contribution in [0.3, 0.4) is 0 Å². The van der Waals surface area contributed by atoms with Gasteiger partial charge < -0.3 is 4.98 Å². The Balaban J connectivity index is 1.06.